The largest absolute Gasteiger partial charge is 0.510 e. The second-order valence-electron chi connectivity index (χ2n) is 12.3. The molecule has 0 fully saturated rings. The van der Waals surface area contributed by atoms with Gasteiger partial charge in [-0.05, 0) is 69.8 Å². The van der Waals surface area contributed by atoms with E-state index in [9.17, 15) is 19.8 Å². The molecule has 0 bridgehead atoms. The molecule has 1 aliphatic rings. The van der Waals surface area contributed by atoms with Crippen LogP contribution in [0.4, 0.5) is 0 Å². The second kappa shape index (κ2) is 24.1. The number of unbranched alkanes of at least 4 members (excludes halogenated alkanes) is 2. The molecule has 0 aliphatic heterocycles. The zero-order valence-electron chi connectivity index (χ0n) is 29.0. The number of guanidine groups is 1. The number of nitrogens with two attached hydrogens (primary N) is 1. The number of aliphatic hydroxyl groups is 2. The normalized spacial score (nSPS) is 17.7. The number of allylic oxidation sites excluding steroid dienone is 15. The summed E-state index contributed by atoms with van der Waals surface area (Å²) in [5.74, 6) is 0.197. The molecule has 0 heterocycles. The van der Waals surface area contributed by atoms with Crippen molar-refractivity contribution in [2.24, 2.45) is 23.5 Å². The summed E-state index contributed by atoms with van der Waals surface area (Å²) in [4.78, 5) is 23.9. The first-order valence-corrected chi connectivity index (χ1v) is 16.8. The van der Waals surface area contributed by atoms with E-state index in [4.69, 9.17) is 11.1 Å². The number of Topliss-reactive ketones (excluding diaryl/α,β-unsaturated/α-hetero) is 1. The molecule has 8 nitrogen and oxygen atoms in total. The van der Waals surface area contributed by atoms with E-state index in [1.807, 2.05) is 50.3 Å². The topological polar surface area (TPSA) is 149 Å². The number of ketones is 1. The van der Waals surface area contributed by atoms with Gasteiger partial charge in [0, 0.05) is 30.9 Å². The molecular weight excluding hydrogens is 588 g/mol. The van der Waals surface area contributed by atoms with E-state index >= 15 is 0 Å². The van der Waals surface area contributed by atoms with E-state index in [2.05, 4.69) is 54.9 Å². The predicted molar refractivity (Wildman–Crippen MR) is 196 cm³/mol. The Bertz CT molecular complexity index is 1280. The van der Waals surface area contributed by atoms with Crippen LogP contribution in [0.3, 0.4) is 0 Å². The highest BCUT2D eigenvalue weighted by atomic mass is 16.3. The fourth-order valence-electron chi connectivity index (χ4n) is 4.82. The van der Waals surface area contributed by atoms with Gasteiger partial charge in [-0.1, -0.05) is 106 Å². The molecule has 4 unspecified atom stereocenters. The third-order valence-electron chi connectivity index (χ3n) is 7.72. The first-order chi connectivity index (χ1) is 22.4. The van der Waals surface area contributed by atoms with E-state index in [1.165, 1.54) is 0 Å². The third kappa shape index (κ3) is 19.2. The molecule has 0 spiro atoms. The van der Waals surface area contributed by atoms with Crippen molar-refractivity contribution < 1.29 is 19.8 Å². The lowest BCUT2D eigenvalue weighted by atomic mass is 9.93. The minimum absolute atomic E-state index is 0.00193. The number of aliphatic hydroxyl groups excluding tert-OH is 2. The average molecular weight is 647 g/mol. The zero-order chi connectivity index (χ0) is 35.0. The molecule has 0 saturated carbocycles. The Balaban J connectivity index is 2.33. The Kier molecular flexibility index (Phi) is 20.9. The average Bonchev–Trinajstić information content (AvgIpc) is 3.34. The molecule has 7 N–H and O–H groups in total. The monoisotopic (exact) mass is 646 g/mol. The molecule has 0 saturated heterocycles. The van der Waals surface area contributed by atoms with Crippen LogP contribution in [0.25, 0.3) is 0 Å². The number of carbonyl (C=O) groups excluding carboxylic acids is 2. The van der Waals surface area contributed by atoms with Gasteiger partial charge >= 0.3 is 0 Å². The number of amides is 1. The lowest BCUT2D eigenvalue weighted by molar-refractivity contribution is -0.120. The molecule has 258 valence electrons. The molecule has 1 aliphatic carbocycles. The van der Waals surface area contributed by atoms with Gasteiger partial charge in [0.05, 0.1) is 6.10 Å². The summed E-state index contributed by atoms with van der Waals surface area (Å²) in [6.07, 6.45) is 34.0. The van der Waals surface area contributed by atoms with Gasteiger partial charge < -0.3 is 26.6 Å². The number of carbonyl (C=O) groups is 2. The number of hydrogen-bond donors (Lipinski definition) is 6. The summed E-state index contributed by atoms with van der Waals surface area (Å²) in [6, 6.07) is 0. The predicted octanol–water partition coefficient (Wildman–Crippen LogP) is 7.56. The Morgan fingerprint density at radius 3 is 2.23 bits per heavy atom. The van der Waals surface area contributed by atoms with Crippen LogP contribution in [0, 0.1) is 23.2 Å². The van der Waals surface area contributed by atoms with Crippen molar-refractivity contribution in [1.82, 2.24) is 10.6 Å². The molecular formula is C39H58N4O4. The van der Waals surface area contributed by atoms with Crippen LogP contribution in [0.2, 0.25) is 0 Å². The van der Waals surface area contributed by atoms with Crippen LogP contribution < -0.4 is 16.4 Å². The summed E-state index contributed by atoms with van der Waals surface area (Å²) in [5, 5.41) is 32.9. The Labute approximate surface area is 282 Å². The number of nitrogens with one attached hydrogen (secondary N) is 3. The third-order valence-corrected chi connectivity index (χ3v) is 7.72. The standard InChI is InChI=1S/C39H58N4O4/c1-29(20-14-11-12-19-27-42-39(40)41)21-15-13-16-22-30(2)28-33(5)37(46)31(3)23-17-9-7-6-8-10-18-24-32(4)38(47)43-36-34(44)25-26-35(36)45/h6-11,14-15,17-18,21,23-24,28-31,37,44,46H,12-13,16,19-20,22,25-27H2,1-5H3,(H,43,47)(H4,40,41,42)/b8-6+,9-7+,14-11+,18-10+,21-15+,23-17+,32-24+,33-28+. The van der Waals surface area contributed by atoms with Gasteiger partial charge in [-0.2, -0.15) is 0 Å². The van der Waals surface area contributed by atoms with Crippen molar-refractivity contribution in [1.29, 1.82) is 5.41 Å². The van der Waals surface area contributed by atoms with Crippen LogP contribution in [0.1, 0.15) is 86.0 Å². The lowest BCUT2D eigenvalue weighted by Gasteiger charge is -2.18. The number of hydrogen-bond acceptors (Lipinski definition) is 5. The molecule has 4 atom stereocenters. The second-order valence-corrected chi connectivity index (χ2v) is 12.3. The van der Waals surface area contributed by atoms with Crippen molar-refractivity contribution in [3.8, 4) is 0 Å². The van der Waals surface area contributed by atoms with Crippen molar-refractivity contribution in [3.63, 3.8) is 0 Å². The van der Waals surface area contributed by atoms with Gasteiger partial charge in [0.1, 0.15) is 11.5 Å². The van der Waals surface area contributed by atoms with Gasteiger partial charge in [-0.25, -0.2) is 0 Å². The Morgan fingerprint density at radius 1 is 0.915 bits per heavy atom. The highest BCUT2D eigenvalue weighted by Crippen LogP contribution is 2.20. The maximum absolute atomic E-state index is 12.2. The van der Waals surface area contributed by atoms with Crippen molar-refractivity contribution in [2.75, 3.05) is 6.54 Å². The molecule has 1 amide bonds. The molecule has 0 radical (unpaired) electrons. The maximum Gasteiger partial charge on any atom is 0.251 e. The van der Waals surface area contributed by atoms with Gasteiger partial charge in [0.15, 0.2) is 11.7 Å². The lowest BCUT2D eigenvalue weighted by Crippen LogP contribution is -2.30. The molecule has 1 rings (SSSR count). The van der Waals surface area contributed by atoms with Crippen molar-refractivity contribution in [2.45, 2.75) is 92.1 Å². The van der Waals surface area contributed by atoms with E-state index in [1.54, 1.807) is 25.2 Å². The molecule has 0 aromatic heterocycles. The highest BCUT2D eigenvalue weighted by molar-refractivity contribution is 6.04. The minimum atomic E-state index is -0.529. The van der Waals surface area contributed by atoms with Gasteiger partial charge in [-0.3, -0.25) is 15.0 Å². The Hall–Kier alpha value is -4.17. The summed E-state index contributed by atoms with van der Waals surface area (Å²) in [7, 11) is 0. The van der Waals surface area contributed by atoms with Gasteiger partial charge in [0.25, 0.3) is 5.91 Å². The Morgan fingerprint density at radius 2 is 1.57 bits per heavy atom. The molecule has 0 aromatic carbocycles. The summed E-state index contributed by atoms with van der Waals surface area (Å²) >= 11 is 0. The van der Waals surface area contributed by atoms with Crippen LogP contribution >= 0.6 is 0 Å². The first kappa shape index (κ1) is 40.9. The zero-order valence-corrected chi connectivity index (χ0v) is 29.0. The summed E-state index contributed by atoms with van der Waals surface area (Å²) < 4.78 is 0. The van der Waals surface area contributed by atoms with Gasteiger partial charge in [0.2, 0.25) is 0 Å². The van der Waals surface area contributed by atoms with Crippen LogP contribution in [-0.2, 0) is 9.59 Å². The molecule has 8 heteroatoms. The van der Waals surface area contributed by atoms with Gasteiger partial charge in [-0.15, -0.1) is 0 Å². The van der Waals surface area contributed by atoms with E-state index in [0.717, 1.165) is 50.6 Å². The quantitative estimate of drug-likeness (QED) is 0.0189. The van der Waals surface area contributed by atoms with Crippen molar-refractivity contribution in [3.05, 3.63) is 108 Å². The van der Waals surface area contributed by atoms with Crippen molar-refractivity contribution >= 4 is 17.6 Å². The summed E-state index contributed by atoms with van der Waals surface area (Å²) in [6.45, 7) is 10.8. The van der Waals surface area contributed by atoms with E-state index in [-0.39, 0.29) is 42.0 Å². The maximum atomic E-state index is 12.2. The first-order valence-electron chi connectivity index (χ1n) is 16.8. The fourth-order valence-corrected chi connectivity index (χ4v) is 4.82. The fraction of sp³-hybridized carbons (Fsp3) is 0.462. The van der Waals surface area contributed by atoms with Crippen LogP contribution in [-0.4, -0.2) is 40.5 Å². The SMILES string of the molecule is C\C(=C/C=C/C=C/C=C/C=C/C(C)C(O)/C(C)=C/C(C)CCC/C=C/C(C)C/C=C/CCCNC(=N)N)C(=O)NC1=C(O)CCC1=O. The highest BCUT2D eigenvalue weighted by Gasteiger charge is 2.24. The van der Waals surface area contributed by atoms with E-state index < -0.39 is 12.0 Å². The van der Waals surface area contributed by atoms with Crippen LogP contribution in [0.5, 0.6) is 0 Å². The van der Waals surface area contributed by atoms with E-state index in [0.29, 0.717) is 17.4 Å². The minimum Gasteiger partial charge on any atom is -0.510 e. The smallest absolute Gasteiger partial charge is 0.251 e. The molecule has 0 aromatic rings. The number of rotatable bonds is 21. The molecule has 47 heavy (non-hydrogen) atoms. The van der Waals surface area contributed by atoms with Crippen LogP contribution in [0.15, 0.2) is 108 Å². The summed E-state index contributed by atoms with van der Waals surface area (Å²) in [5.41, 5.74) is 6.69.